The number of carbonyl (C=O) groups is 2. The Balaban J connectivity index is 2.22. The van der Waals surface area contributed by atoms with Gasteiger partial charge in [-0.3, -0.25) is 4.79 Å². The molecule has 96 valence electrons. The van der Waals surface area contributed by atoms with E-state index in [0.29, 0.717) is 5.57 Å². The fourth-order valence-corrected chi connectivity index (χ4v) is 2.66. The molecule has 1 aliphatic carbocycles. The van der Waals surface area contributed by atoms with Crippen LogP contribution in [0.25, 0.3) is 0 Å². The summed E-state index contributed by atoms with van der Waals surface area (Å²) in [5.41, 5.74) is 1.66. The van der Waals surface area contributed by atoms with Gasteiger partial charge in [-0.15, -0.1) is 0 Å². The van der Waals surface area contributed by atoms with E-state index in [1.165, 1.54) is 6.92 Å². The second-order valence-corrected chi connectivity index (χ2v) is 5.02. The summed E-state index contributed by atoms with van der Waals surface area (Å²) >= 11 is 0. The van der Waals surface area contributed by atoms with Crippen LogP contribution < -0.4 is 0 Å². The van der Waals surface area contributed by atoms with Gasteiger partial charge in [0.2, 0.25) is 0 Å². The van der Waals surface area contributed by atoms with Crippen molar-refractivity contribution in [2.45, 2.75) is 32.8 Å². The van der Waals surface area contributed by atoms with Crippen molar-refractivity contribution < 1.29 is 14.3 Å². The Kier molecular flexibility index (Phi) is 3.50. The topological polar surface area (TPSA) is 43.4 Å². The lowest BCUT2D eigenvalue weighted by atomic mass is 9.85. The first kappa shape index (κ1) is 12.8. The number of carbonyl (C=O) groups excluding carboxylic acids is 2. The molecule has 0 bridgehead atoms. The van der Waals surface area contributed by atoms with E-state index >= 15 is 0 Å². The predicted molar refractivity (Wildman–Crippen MR) is 68.8 cm³/mol. The molecule has 2 rings (SSSR count). The zero-order chi connectivity index (χ0) is 13.3. The number of ketones is 1. The Hall–Kier alpha value is -1.64. The van der Waals surface area contributed by atoms with E-state index in [-0.39, 0.29) is 29.7 Å². The monoisotopic (exact) mass is 246 g/mol. The summed E-state index contributed by atoms with van der Waals surface area (Å²) in [5.74, 6) is -0.0198. The summed E-state index contributed by atoms with van der Waals surface area (Å²) in [6, 6.07) is 0. The van der Waals surface area contributed by atoms with Crippen molar-refractivity contribution in [2.75, 3.05) is 0 Å². The fourth-order valence-electron chi connectivity index (χ4n) is 2.66. The second kappa shape index (κ2) is 4.92. The van der Waals surface area contributed by atoms with Crippen LogP contribution in [-0.2, 0) is 14.3 Å². The molecule has 18 heavy (non-hydrogen) atoms. The number of hydrogen-bond donors (Lipinski definition) is 0. The maximum atomic E-state index is 11.6. The zero-order valence-corrected chi connectivity index (χ0v) is 10.8. The number of ether oxygens (including phenoxy) is 1. The molecule has 1 aliphatic heterocycles. The summed E-state index contributed by atoms with van der Waals surface area (Å²) in [6.45, 7) is 7.38. The van der Waals surface area contributed by atoms with Gasteiger partial charge in [0.15, 0.2) is 5.78 Å². The molecule has 3 nitrogen and oxygen atoms in total. The van der Waals surface area contributed by atoms with E-state index < -0.39 is 0 Å². The molecule has 0 amide bonds. The van der Waals surface area contributed by atoms with E-state index in [9.17, 15) is 9.59 Å². The molecule has 0 aromatic rings. The van der Waals surface area contributed by atoms with Crippen molar-refractivity contribution >= 4 is 11.8 Å². The van der Waals surface area contributed by atoms with E-state index in [4.69, 9.17) is 4.74 Å². The third-order valence-corrected chi connectivity index (χ3v) is 3.74. The molecule has 0 spiro atoms. The molecule has 3 heteroatoms. The number of rotatable bonds is 2. The minimum atomic E-state index is -0.270. The molecule has 3 atom stereocenters. The van der Waals surface area contributed by atoms with E-state index in [1.54, 1.807) is 6.08 Å². The van der Waals surface area contributed by atoms with Crippen molar-refractivity contribution in [1.29, 1.82) is 0 Å². The quantitative estimate of drug-likeness (QED) is 0.555. The first-order chi connectivity index (χ1) is 8.50. The van der Waals surface area contributed by atoms with Crippen molar-refractivity contribution in [3.63, 3.8) is 0 Å². The molecule has 1 heterocycles. The normalized spacial score (nSPS) is 31.9. The molecule has 1 fully saturated rings. The lowest BCUT2D eigenvalue weighted by molar-refractivity contribution is -0.140. The average Bonchev–Trinajstić information content (AvgIpc) is 2.51. The summed E-state index contributed by atoms with van der Waals surface area (Å²) in [7, 11) is 0. The molecule has 0 N–H and O–H groups in total. The molecular formula is C15H18O3. The van der Waals surface area contributed by atoms with Gasteiger partial charge in [-0.2, -0.15) is 0 Å². The number of hydrogen-bond acceptors (Lipinski definition) is 3. The maximum absolute atomic E-state index is 11.6. The largest absolute Gasteiger partial charge is 0.458 e. The molecule has 2 aliphatic rings. The first-order valence-electron chi connectivity index (χ1n) is 6.29. The van der Waals surface area contributed by atoms with Crippen LogP contribution in [-0.4, -0.2) is 17.9 Å². The van der Waals surface area contributed by atoms with Gasteiger partial charge >= 0.3 is 5.97 Å². The van der Waals surface area contributed by atoms with Crippen LogP contribution in [0.5, 0.6) is 0 Å². The van der Waals surface area contributed by atoms with Crippen LogP contribution in [0, 0.1) is 11.8 Å². The van der Waals surface area contributed by atoms with E-state index in [2.05, 4.69) is 12.7 Å². The Bertz CT molecular complexity index is 456. The van der Waals surface area contributed by atoms with Crippen molar-refractivity contribution in [3.05, 3.63) is 36.0 Å². The number of allylic oxidation sites excluding steroid dienone is 3. The van der Waals surface area contributed by atoms with Gasteiger partial charge in [-0.1, -0.05) is 25.7 Å². The molecule has 0 aromatic heterocycles. The maximum Gasteiger partial charge on any atom is 0.334 e. The van der Waals surface area contributed by atoms with Gasteiger partial charge in [-0.05, 0) is 31.4 Å². The van der Waals surface area contributed by atoms with Gasteiger partial charge in [0, 0.05) is 17.4 Å². The summed E-state index contributed by atoms with van der Waals surface area (Å²) in [6.07, 6.45) is 7.17. The highest BCUT2D eigenvalue weighted by molar-refractivity contribution is 5.91. The minimum absolute atomic E-state index is 0.0247. The smallest absolute Gasteiger partial charge is 0.334 e. The summed E-state index contributed by atoms with van der Waals surface area (Å²) in [4.78, 5) is 22.6. The summed E-state index contributed by atoms with van der Waals surface area (Å²) < 4.78 is 5.41. The average molecular weight is 246 g/mol. The Morgan fingerprint density at radius 2 is 2.28 bits per heavy atom. The lowest BCUT2D eigenvalue weighted by Gasteiger charge is -2.22. The number of esters is 1. The van der Waals surface area contributed by atoms with Gasteiger partial charge in [0.1, 0.15) is 6.10 Å². The zero-order valence-electron chi connectivity index (χ0n) is 10.8. The fraction of sp³-hybridized carbons (Fsp3) is 0.467. The lowest BCUT2D eigenvalue weighted by Crippen LogP contribution is -2.24. The standard InChI is InChI=1S/C15H18O3/c1-9(16)7-8-12-5-4-6-13-11(3)15(17)18-14(13)10(12)2/h5,7-8,10,13-14H,3-4,6H2,1-2H3/b8-7+/t10-,13-,14+/m1/s1. The van der Waals surface area contributed by atoms with Crippen LogP contribution in [0.3, 0.4) is 0 Å². The van der Waals surface area contributed by atoms with Gasteiger partial charge in [0.25, 0.3) is 0 Å². The SMILES string of the molecule is C=C1C(=O)O[C@H]2[C@H](C)C(/C=C/C(C)=O)=CCC[C@H]12. The third-order valence-electron chi connectivity index (χ3n) is 3.74. The second-order valence-electron chi connectivity index (χ2n) is 5.02. The molecule has 0 unspecified atom stereocenters. The van der Waals surface area contributed by atoms with Gasteiger partial charge in [0.05, 0.1) is 0 Å². The van der Waals surface area contributed by atoms with Crippen LogP contribution in [0.2, 0.25) is 0 Å². The summed E-state index contributed by atoms with van der Waals surface area (Å²) in [5, 5.41) is 0. The Labute approximate surface area is 107 Å². The minimum Gasteiger partial charge on any atom is -0.458 e. The van der Waals surface area contributed by atoms with Crippen LogP contribution in [0.15, 0.2) is 36.0 Å². The first-order valence-corrected chi connectivity index (χ1v) is 6.29. The Morgan fingerprint density at radius 1 is 1.56 bits per heavy atom. The predicted octanol–water partition coefficient (Wildman–Crippen LogP) is 2.59. The number of fused-ring (bicyclic) bond motifs is 1. The third kappa shape index (κ3) is 2.30. The van der Waals surface area contributed by atoms with E-state index in [1.807, 2.05) is 13.0 Å². The van der Waals surface area contributed by atoms with Crippen molar-refractivity contribution in [3.8, 4) is 0 Å². The molecule has 0 aromatic carbocycles. The van der Waals surface area contributed by atoms with Gasteiger partial charge in [-0.25, -0.2) is 4.79 Å². The van der Waals surface area contributed by atoms with Crippen LogP contribution in [0.1, 0.15) is 26.7 Å². The Morgan fingerprint density at radius 3 is 2.94 bits per heavy atom. The molecule has 1 saturated heterocycles. The van der Waals surface area contributed by atoms with Crippen LogP contribution in [0.4, 0.5) is 0 Å². The van der Waals surface area contributed by atoms with Crippen molar-refractivity contribution in [2.24, 2.45) is 11.8 Å². The van der Waals surface area contributed by atoms with Crippen molar-refractivity contribution in [1.82, 2.24) is 0 Å². The van der Waals surface area contributed by atoms with Gasteiger partial charge < -0.3 is 4.74 Å². The highest BCUT2D eigenvalue weighted by Gasteiger charge is 2.42. The van der Waals surface area contributed by atoms with Crippen LogP contribution >= 0.6 is 0 Å². The van der Waals surface area contributed by atoms with E-state index in [0.717, 1.165) is 18.4 Å². The molecular weight excluding hydrogens is 228 g/mol. The highest BCUT2D eigenvalue weighted by Crippen LogP contribution is 2.39. The molecule has 0 radical (unpaired) electrons. The molecule has 0 saturated carbocycles. The highest BCUT2D eigenvalue weighted by atomic mass is 16.6.